The number of hydrogen-bond acceptors (Lipinski definition) is 7. The Kier molecular flexibility index (Phi) is 5.19. The van der Waals surface area contributed by atoms with Crippen molar-refractivity contribution in [2.24, 2.45) is 7.05 Å². The molecular formula is C17H19N5O4S. The molecule has 0 amide bonds. The third-order valence-corrected chi connectivity index (χ3v) is 4.48. The standard InChI is InChI=1S/C17H19N5O4S/c1-9-11(8-21(2)20-9)12-7-10(16(24)26-4)13-14(18-12)22(5-6-25-3)17(27)19-15(13)23/h7-8H,5-6H2,1-4H3,(H,19,23,27). The van der Waals surface area contributed by atoms with E-state index in [-0.39, 0.29) is 15.7 Å². The van der Waals surface area contributed by atoms with Gasteiger partial charge < -0.3 is 14.0 Å². The van der Waals surface area contributed by atoms with E-state index in [1.165, 1.54) is 13.2 Å². The number of carbonyl (C=O) groups is 1. The van der Waals surface area contributed by atoms with Gasteiger partial charge in [-0.2, -0.15) is 5.10 Å². The minimum Gasteiger partial charge on any atom is -0.465 e. The largest absolute Gasteiger partial charge is 0.465 e. The Morgan fingerprint density at radius 1 is 1.37 bits per heavy atom. The second-order valence-electron chi connectivity index (χ2n) is 5.95. The molecule has 0 saturated carbocycles. The van der Waals surface area contributed by atoms with Crippen molar-refractivity contribution in [1.29, 1.82) is 0 Å². The zero-order valence-electron chi connectivity index (χ0n) is 15.4. The number of nitrogens with zero attached hydrogens (tertiary/aromatic N) is 4. The van der Waals surface area contributed by atoms with Gasteiger partial charge >= 0.3 is 5.97 Å². The van der Waals surface area contributed by atoms with Crippen molar-refractivity contribution in [3.8, 4) is 11.3 Å². The molecule has 0 aliphatic carbocycles. The molecule has 0 unspecified atom stereocenters. The van der Waals surface area contributed by atoms with E-state index in [0.717, 1.165) is 11.3 Å². The number of aryl methyl sites for hydroxylation is 2. The third-order valence-electron chi connectivity index (χ3n) is 4.16. The highest BCUT2D eigenvalue weighted by atomic mass is 32.1. The monoisotopic (exact) mass is 389 g/mol. The highest BCUT2D eigenvalue weighted by molar-refractivity contribution is 7.71. The van der Waals surface area contributed by atoms with E-state index in [1.54, 1.807) is 29.6 Å². The zero-order chi connectivity index (χ0) is 19.7. The van der Waals surface area contributed by atoms with Gasteiger partial charge in [0.2, 0.25) is 0 Å². The van der Waals surface area contributed by atoms with Gasteiger partial charge in [0.1, 0.15) is 5.65 Å². The minimum atomic E-state index is -0.633. The first-order valence-electron chi connectivity index (χ1n) is 8.13. The fraction of sp³-hybridized carbons (Fsp3) is 0.353. The molecule has 0 fully saturated rings. The molecule has 0 saturated heterocycles. The molecule has 0 aliphatic rings. The molecule has 3 aromatic rings. The minimum absolute atomic E-state index is 0.114. The van der Waals surface area contributed by atoms with E-state index < -0.39 is 11.5 Å². The quantitative estimate of drug-likeness (QED) is 0.522. The fourth-order valence-corrected chi connectivity index (χ4v) is 3.19. The number of aromatic nitrogens is 5. The number of fused-ring (bicyclic) bond motifs is 1. The van der Waals surface area contributed by atoms with E-state index in [1.807, 2.05) is 6.92 Å². The first-order valence-corrected chi connectivity index (χ1v) is 8.54. The van der Waals surface area contributed by atoms with Crippen molar-refractivity contribution >= 4 is 29.2 Å². The lowest BCUT2D eigenvalue weighted by molar-refractivity contribution is 0.0603. The first kappa shape index (κ1) is 18.9. The summed E-state index contributed by atoms with van der Waals surface area (Å²) in [6, 6.07) is 1.54. The zero-order valence-corrected chi connectivity index (χ0v) is 16.2. The van der Waals surface area contributed by atoms with Crippen molar-refractivity contribution in [1.82, 2.24) is 24.3 Å². The van der Waals surface area contributed by atoms with Crippen molar-refractivity contribution in [3.63, 3.8) is 0 Å². The van der Waals surface area contributed by atoms with Crippen molar-refractivity contribution in [2.75, 3.05) is 20.8 Å². The molecule has 27 heavy (non-hydrogen) atoms. The molecule has 0 spiro atoms. The summed E-state index contributed by atoms with van der Waals surface area (Å²) in [7, 11) is 4.62. The van der Waals surface area contributed by atoms with E-state index in [9.17, 15) is 9.59 Å². The second kappa shape index (κ2) is 7.41. The van der Waals surface area contributed by atoms with E-state index in [0.29, 0.717) is 24.5 Å². The molecular weight excluding hydrogens is 370 g/mol. The van der Waals surface area contributed by atoms with Crippen LogP contribution in [0.2, 0.25) is 0 Å². The number of hydrogen-bond donors (Lipinski definition) is 1. The Balaban J connectivity index is 2.43. The molecule has 0 atom stereocenters. The number of aromatic amines is 1. The van der Waals surface area contributed by atoms with Crippen LogP contribution in [0.25, 0.3) is 22.3 Å². The van der Waals surface area contributed by atoms with Crippen molar-refractivity contribution in [3.05, 3.63) is 38.6 Å². The van der Waals surface area contributed by atoms with Crippen molar-refractivity contribution < 1.29 is 14.3 Å². The van der Waals surface area contributed by atoms with E-state index >= 15 is 0 Å². The number of rotatable bonds is 5. The summed E-state index contributed by atoms with van der Waals surface area (Å²) in [6.07, 6.45) is 1.80. The van der Waals surface area contributed by atoms with Gasteiger partial charge in [-0.15, -0.1) is 0 Å². The maximum absolute atomic E-state index is 12.6. The van der Waals surface area contributed by atoms with Gasteiger partial charge in [-0.25, -0.2) is 9.78 Å². The van der Waals surface area contributed by atoms with Crippen LogP contribution in [-0.2, 0) is 23.1 Å². The van der Waals surface area contributed by atoms with Crippen LogP contribution in [0.1, 0.15) is 16.1 Å². The van der Waals surface area contributed by atoms with Gasteiger partial charge in [0, 0.05) is 25.9 Å². The SMILES string of the molecule is COCCn1c(=S)[nH]c(=O)c2c(C(=O)OC)cc(-c3cn(C)nc3C)nc21. The van der Waals surface area contributed by atoms with Crippen LogP contribution in [0, 0.1) is 11.7 Å². The molecule has 9 nitrogen and oxygen atoms in total. The van der Waals surface area contributed by atoms with Crippen LogP contribution in [0.4, 0.5) is 0 Å². The molecule has 3 rings (SSSR count). The Morgan fingerprint density at radius 2 is 2.11 bits per heavy atom. The number of esters is 1. The fourth-order valence-electron chi connectivity index (χ4n) is 2.92. The predicted molar refractivity (Wildman–Crippen MR) is 101 cm³/mol. The van der Waals surface area contributed by atoms with Gasteiger partial charge in [-0.05, 0) is 25.2 Å². The Morgan fingerprint density at radius 3 is 2.70 bits per heavy atom. The summed E-state index contributed by atoms with van der Waals surface area (Å²) in [6.45, 7) is 2.57. The molecule has 1 N–H and O–H groups in total. The van der Waals surface area contributed by atoms with Crippen LogP contribution < -0.4 is 5.56 Å². The lowest BCUT2D eigenvalue weighted by Gasteiger charge is -2.13. The molecule has 0 bridgehead atoms. The Hall–Kier alpha value is -2.85. The molecule has 0 aromatic carbocycles. The molecule has 3 heterocycles. The van der Waals surface area contributed by atoms with Crippen LogP contribution in [0.3, 0.4) is 0 Å². The van der Waals surface area contributed by atoms with E-state index in [4.69, 9.17) is 21.7 Å². The van der Waals surface area contributed by atoms with Crippen LogP contribution in [0.15, 0.2) is 17.1 Å². The first-order chi connectivity index (χ1) is 12.9. The lowest BCUT2D eigenvalue weighted by atomic mass is 10.1. The molecule has 142 valence electrons. The van der Waals surface area contributed by atoms with Crippen molar-refractivity contribution in [2.45, 2.75) is 13.5 Å². The Labute approximate surface area is 159 Å². The van der Waals surface area contributed by atoms with Crippen LogP contribution in [0.5, 0.6) is 0 Å². The lowest BCUT2D eigenvalue weighted by Crippen LogP contribution is -2.20. The van der Waals surface area contributed by atoms with Gasteiger partial charge in [0.15, 0.2) is 4.77 Å². The number of methoxy groups -OCH3 is 2. The van der Waals surface area contributed by atoms with Gasteiger partial charge in [0.25, 0.3) is 5.56 Å². The average molecular weight is 389 g/mol. The number of pyridine rings is 1. The second-order valence-corrected chi connectivity index (χ2v) is 6.34. The summed E-state index contributed by atoms with van der Waals surface area (Å²) in [5.41, 5.74) is 1.90. The summed E-state index contributed by atoms with van der Waals surface area (Å²) >= 11 is 5.29. The summed E-state index contributed by atoms with van der Waals surface area (Å²) in [5.74, 6) is -0.633. The topological polar surface area (TPSA) is 104 Å². The number of nitrogens with one attached hydrogen (secondary N) is 1. The maximum atomic E-state index is 12.6. The summed E-state index contributed by atoms with van der Waals surface area (Å²) < 4.78 is 13.5. The average Bonchev–Trinajstić information content (AvgIpc) is 2.98. The predicted octanol–water partition coefficient (Wildman–Crippen LogP) is 1.60. The normalized spacial score (nSPS) is 11.1. The number of carbonyl (C=O) groups excluding carboxylic acids is 1. The number of ether oxygens (including phenoxy) is 2. The molecule has 0 aliphatic heterocycles. The highest BCUT2D eigenvalue weighted by Gasteiger charge is 2.21. The Bertz CT molecular complexity index is 1140. The molecule has 10 heteroatoms. The van der Waals surface area contributed by atoms with E-state index in [2.05, 4.69) is 15.1 Å². The van der Waals surface area contributed by atoms with Crippen LogP contribution in [-0.4, -0.2) is 51.1 Å². The summed E-state index contributed by atoms with van der Waals surface area (Å²) in [4.78, 5) is 32.2. The third kappa shape index (κ3) is 3.40. The smallest absolute Gasteiger partial charge is 0.338 e. The molecule has 3 aromatic heterocycles. The van der Waals surface area contributed by atoms with Gasteiger partial charge in [-0.3, -0.25) is 14.5 Å². The number of H-pyrrole nitrogens is 1. The molecule has 0 radical (unpaired) electrons. The summed E-state index contributed by atoms with van der Waals surface area (Å²) in [5, 5.41) is 4.44. The van der Waals surface area contributed by atoms with Crippen LogP contribution >= 0.6 is 12.2 Å². The maximum Gasteiger partial charge on any atom is 0.338 e. The van der Waals surface area contributed by atoms with Gasteiger partial charge in [0.05, 0.1) is 42.6 Å². The highest BCUT2D eigenvalue weighted by Crippen LogP contribution is 2.25. The van der Waals surface area contributed by atoms with Gasteiger partial charge in [-0.1, -0.05) is 0 Å².